The molecule has 0 bridgehead atoms. The van der Waals surface area contributed by atoms with Crippen LogP contribution in [0.15, 0.2) is 82.2 Å². The molecule has 5 N–H and O–H groups in total. The van der Waals surface area contributed by atoms with Crippen LogP contribution in [-0.2, 0) is 43.5 Å². The van der Waals surface area contributed by atoms with Crippen LogP contribution in [0, 0.1) is 0 Å². The highest BCUT2D eigenvalue weighted by Gasteiger charge is 2.54. The van der Waals surface area contributed by atoms with Crippen LogP contribution in [0.2, 0.25) is 0 Å². The number of pyridine rings is 1. The fourth-order valence-corrected chi connectivity index (χ4v) is 8.35. The van der Waals surface area contributed by atoms with Crippen molar-refractivity contribution in [3.05, 3.63) is 93.9 Å². The first kappa shape index (κ1) is 33.0. The molecular weight excluding hydrogens is 685 g/mol. The number of nitrogens with zero attached hydrogens (tertiary/aromatic N) is 6. The van der Waals surface area contributed by atoms with Crippen molar-refractivity contribution >= 4 is 69.2 Å². The molecule has 4 aliphatic heterocycles. The minimum atomic E-state index is -1.33. The monoisotopic (exact) mass is 715 g/mol. The van der Waals surface area contributed by atoms with Gasteiger partial charge in [-0.15, -0.1) is 23.1 Å². The summed E-state index contributed by atoms with van der Waals surface area (Å²) in [5, 5.41) is 25.9. The van der Waals surface area contributed by atoms with Crippen molar-refractivity contribution in [1.82, 2.24) is 20.1 Å². The van der Waals surface area contributed by atoms with E-state index in [1.807, 2.05) is 53.7 Å². The number of thioether (sulfide) groups is 1. The largest absolute Gasteiger partial charge is 0.477 e. The topological polar surface area (TPSA) is 203 Å². The lowest BCUT2D eigenvalue weighted by Crippen LogP contribution is -2.71. The van der Waals surface area contributed by atoms with Crippen molar-refractivity contribution in [2.24, 2.45) is 5.16 Å². The number of nitrogens with two attached hydrogens (primary N) is 1. The number of fused-ring (bicyclic) bond motifs is 2. The number of likely N-dealkylation sites (tertiary alicyclic amines) is 1. The van der Waals surface area contributed by atoms with Gasteiger partial charge in [0.15, 0.2) is 23.2 Å². The van der Waals surface area contributed by atoms with Crippen LogP contribution in [0.5, 0.6) is 0 Å². The van der Waals surface area contributed by atoms with Gasteiger partial charge in [-0.3, -0.25) is 24.1 Å². The van der Waals surface area contributed by atoms with Crippen LogP contribution < -0.4 is 20.5 Å². The zero-order valence-electron chi connectivity index (χ0n) is 26.4. The van der Waals surface area contributed by atoms with E-state index in [0.29, 0.717) is 37.2 Å². The third-order valence-electron chi connectivity index (χ3n) is 8.97. The number of hydrogen-bond acceptors (Lipinski definition) is 11. The number of carbonyl (C=O) groups is 5. The maximum atomic E-state index is 13.4. The molecule has 2 fully saturated rings. The number of carboxylic acids is 1. The van der Waals surface area contributed by atoms with Crippen molar-refractivity contribution in [2.75, 3.05) is 29.5 Å². The molecule has 1 aromatic carbocycles. The lowest BCUT2D eigenvalue weighted by atomic mass is 10.0. The Labute approximate surface area is 293 Å². The minimum Gasteiger partial charge on any atom is -0.477 e. The number of hydrogen-bond donors (Lipinski definition) is 4. The number of carboxylic acid groups (broad SMARTS) is 1. The molecule has 4 amide bonds. The summed E-state index contributed by atoms with van der Waals surface area (Å²) in [5.41, 5.74) is 8.72. The molecule has 7 rings (SSSR count). The Hall–Kier alpha value is -5.55. The van der Waals surface area contributed by atoms with E-state index in [2.05, 4.69) is 15.5 Å². The summed E-state index contributed by atoms with van der Waals surface area (Å²) in [4.78, 5) is 73.2. The lowest BCUT2D eigenvalue weighted by molar-refractivity contribution is -0.684. The Morgan fingerprint density at radius 1 is 1.12 bits per heavy atom. The van der Waals surface area contributed by atoms with Gasteiger partial charge in [-0.25, -0.2) is 9.78 Å². The van der Waals surface area contributed by atoms with E-state index in [-0.39, 0.29) is 40.6 Å². The predicted molar refractivity (Wildman–Crippen MR) is 182 cm³/mol. The fraction of sp³-hybridized carbons (Fsp3) is 0.273. The summed E-state index contributed by atoms with van der Waals surface area (Å²) in [6.45, 7) is 1.63. The molecule has 0 unspecified atom stereocenters. The number of β-lactam (4-membered cyclic amide) rings is 1. The van der Waals surface area contributed by atoms with Gasteiger partial charge in [0.25, 0.3) is 17.7 Å². The second-order valence-corrected chi connectivity index (χ2v) is 14.0. The van der Waals surface area contributed by atoms with Gasteiger partial charge < -0.3 is 31.2 Å². The number of nitrogen functional groups attached to an aromatic ring is 1. The summed E-state index contributed by atoms with van der Waals surface area (Å²) < 4.78 is 1.81. The number of nitrogens with one attached hydrogen (secondary N) is 1. The minimum absolute atomic E-state index is 0.00237. The number of aliphatic carboxylic acids is 1. The average molecular weight is 716 g/mol. The van der Waals surface area contributed by atoms with Crippen molar-refractivity contribution in [3.63, 3.8) is 0 Å². The normalized spacial score (nSPS) is 21.0. The maximum Gasteiger partial charge on any atom is 0.352 e. The number of para-hydroxylation sites is 1. The Morgan fingerprint density at radius 2 is 1.90 bits per heavy atom. The number of thiazole rings is 1. The van der Waals surface area contributed by atoms with Gasteiger partial charge in [-0.1, -0.05) is 23.4 Å². The molecule has 256 valence electrons. The Kier molecular flexibility index (Phi) is 8.83. The van der Waals surface area contributed by atoms with E-state index < -0.39 is 34.9 Å². The fourth-order valence-electron chi connectivity index (χ4n) is 6.49. The van der Waals surface area contributed by atoms with Crippen molar-refractivity contribution < 1.29 is 38.9 Å². The quantitative estimate of drug-likeness (QED) is 0.0615. The van der Waals surface area contributed by atoms with Crippen LogP contribution in [0.25, 0.3) is 0 Å². The second kappa shape index (κ2) is 13.4. The molecule has 0 spiro atoms. The summed E-state index contributed by atoms with van der Waals surface area (Å²) >= 11 is 2.29. The van der Waals surface area contributed by atoms with Crippen molar-refractivity contribution in [3.8, 4) is 0 Å². The van der Waals surface area contributed by atoms with E-state index in [9.17, 15) is 34.3 Å². The van der Waals surface area contributed by atoms with Crippen LogP contribution in [0.3, 0.4) is 0 Å². The molecular formula is C33H31N8O7S2+. The third kappa shape index (κ3) is 6.09. The molecule has 2 aromatic heterocycles. The van der Waals surface area contributed by atoms with Gasteiger partial charge in [0.05, 0.1) is 0 Å². The zero-order valence-corrected chi connectivity index (χ0v) is 28.0. The average Bonchev–Trinajstić information content (AvgIpc) is 3.83. The Balaban J connectivity index is 0.984. The van der Waals surface area contributed by atoms with E-state index in [0.717, 1.165) is 33.9 Å². The van der Waals surface area contributed by atoms with Gasteiger partial charge in [0, 0.05) is 54.2 Å². The Morgan fingerprint density at radius 3 is 2.62 bits per heavy atom. The molecule has 0 aliphatic carbocycles. The number of benzene rings is 1. The summed E-state index contributed by atoms with van der Waals surface area (Å²) in [5.74, 6) is -2.88. The van der Waals surface area contributed by atoms with Crippen LogP contribution >= 0.6 is 23.1 Å². The third-order valence-corrected chi connectivity index (χ3v) is 10.9. The van der Waals surface area contributed by atoms with E-state index in [4.69, 9.17) is 5.73 Å². The summed E-state index contributed by atoms with van der Waals surface area (Å²) in [6.07, 6.45) is 6.43. The highest BCUT2D eigenvalue weighted by atomic mass is 32.2. The Bertz CT molecular complexity index is 2030. The molecule has 3 aromatic rings. The first-order chi connectivity index (χ1) is 24.1. The SMILES string of the molecule is Nc1nc(/C(=N/O)C(=O)N[C@@H]2C(=O)N3C(C(=O)O)=C(C=C4CCN(Cc5cc[n+](CC(=O)N6CCc7ccccc76)cc5)C4=O)CS[C@H]23)cs1. The standard InChI is InChI=1S/C33H30N8O7S2/c34-33-35-22(17-50-33)25(37-48)28(43)36-26-30(45)41-27(32(46)47)21(16-49-31(26)41)13-20-7-11-39(29(20)44)14-18-5-9-38(10-6-18)15-24(42)40-12-8-19-3-1-2-4-23(19)40/h1-6,9-10,13,17,26,31H,7-8,11-12,14-16H2,(H4-,34,35,36,43,46,47,48)/p+1/t26-,31-/m1/s1. The highest BCUT2D eigenvalue weighted by molar-refractivity contribution is 8.00. The zero-order chi connectivity index (χ0) is 35.1. The first-order valence-electron chi connectivity index (χ1n) is 15.6. The molecule has 50 heavy (non-hydrogen) atoms. The van der Waals surface area contributed by atoms with Gasteiger partial charge in [-0.2, -0.15) is 4.57 Å². The van der Waals surface area contributed by atoms with E-state index in [1.165, 1.54) is 22.7 Å². The number of rotatable bonds is 9. The maximum absolute atomic E-state index is 13.4. The van der Waals surface area contributed by atoms with Crippen molar-refractivity contribution in [1.29, 1.82) is 0 Å². The van der Waals surface area contributed by atoms with Gasteiger partial charge in [-0.05, 0) is 41.7 Å². The molecule has 2 atom stereocenters. The van der Waals surface area contributed by atoms with Gasteiger partial charge >= 0.3 is 5.97 Å². The predicted octanol–water partition coefficient (Wildman–Crippen LogP) is 0.878. The molecule has 6 heterocycles. The smallest absolute Gasteiger partial charge is 0.352 e. The molecule has 2 saturated heterocycles. The van der Waals surface area contributed by atoms with Gasteiger partial charge in [0.2, 0.25) is 12.5 Å². The van der Waals surface area contributed by atoms with Crippen molar-refractivity contribution in [2.45, 2.75) is 37.3 Å². The van der Waals surface area contributed by atoms with Gasteiger partial charge in [0.1, 0.15) is 22.8 Å². The van der Waals surface area contributed by atoms with E-state index >= 15 is 0 Å². The summed E-state index contributed by atoms with van der Waals surface area (Å²) in [6, 6.07) is 10.6. The lowest BCUT2D eigenvalue weighted by Gasteiger charge is -2.49. The first-order valence-corrected chi connectivity index (χ1v) is 17.6. The van der Waals surface area contributed by atoms with Crippen LogP contribution in [0.1, 0.15) is 23.2 Å². The molecule has 0 saturated carbocycles. The van der Waals surface area contributed by atoms with E-state index in [1.54, 1.807) is 15.5 Å². The molecule has 15 nitrogen and oxygen atoms in total. The van der Waals surface area contributed by atoms with Crippen LogP contribution in [0.4, 0.5) is 10.8 Å². The second-order valence-electron chi connectivity index (χ2n) is 12.0. The molecule has 0 radical (unpaired) electrons. The highest BCUT2D eigenvalue weighted by Crippen LogP contribution is 2.41. The molecule has 17 heteroatoms. The number of amides is 4. The summed E-state index contributed by atoms with van der Waals surface area (Å²) in [7, 11) is 0. The number of oxime groups is 1. The number of allylic oxidation sites excluding steroid dienone is 1. The van der Waals surface area contributed by atoms with Crippen LogP contribution in [-0.4, -0.2) is 90.7 Å². The number of aromatic nitrogens is 2. The number of anilines is 2. The number of carbonyl (C=O) groups excluding carboxylic acids is 4. The molecule has 4 aliphatic rings.